The second-order valence-electron chi connectivity index (χ2n) is 5.89. The molecular formula is C13H21N3O2. The first-order valence-corrected chi connectivity index (χ1v) is 6.41. The maximum absolute atomic E-state index is 12.3. The maximum Gasteiger partial charge on any atom is 0.274 e. The number of carbonyl (C=O) groups excluding carboxylic acids is 1. The van der Waals surface area contributed by atoms with Crippen molar-refractivity contribution in [2.45, 2.75) is 45.1 Å². The van der Waals surface area contributed by atoms with Crippen molar-refractivity contribution in [3.8, 4) is 0 Å². The van der Waals surface area contributed by atoms with Crippen molar-refractivity contribution in [2.75, 3.05) is 13.2 Å². The molecule has 0 aliphatic carbocycles. The number of aromatic nitrogens is 2. The molecule has 0 radical (unpaired) electrons. The number of nitrogens with one attached hydrogen (secondary N) is 1. The van der Waals surface area contributed by atoms with E-state index in [0.29, 0.717) is 12.2 Å². The molecule has 1 aliphatic heterocycles. The van der Waals surface area contributed by atoms with E-state index in [2.05, 4.69) is 31.0 Å². The van der Waals surface area contributed by atoms with E-state index in [1.807, 2.05) is 6.07 Å². The molecular weight excluding hydrogens is 230 g/mol. The molecule has 5 nitrogen and oxygen atoms in total. The standard InChI is InChI=1S/C13H21N3O2/c1-13(2,3)11-7-10(14-15-11)12(18)16-6-4-5-9(16)8-17/h7,9,17H,4-6,8H2,1-3H3,(H,14,15). The molecule has 18 heavy (non-hydrogen) atoms. The van der Waals surface area contributed by atoms with Crippen molar-refractivity contribution >= 4 is 5.91 Å². The van der Waals surface area contributed by atoms with Crippen LogP contribution in [-0.4, -0.2) is 45.3 Å². The largest absolute Gasteiger partial charge is 0.394 e. The Morgan fingerprint density at radius 1 is 1.61 bits per heavy atom. The number of hydrogen-bond acceptors (Lipinski definition) is 3. The van der Waals surface area contributed by atoms with E-state index in [1.54, 1.807) is 4.90 Å². The van der Waals surface area contributed by atoms with Gasteiger partial charge in [0.1, 0.15) is 5.69 Å². The minimum absolute atomic E-state index is 0.0301. The highest BCUT2D eigenvalue weighted by molar-refractivity contribution is 5.92. The predicted octanol–water partition coefficient (Wildman–Crippen LogP) is 1.30. The summed E-state index contributed by atoms with van der Waals surface area (Å²) in [7, 11) is 0. The van der Waals surface area contributed by atoms with Gasteiger partial charge in [0.25, 0.3) is 5.91 Å². The summed E-state index contributed by atoms with van der Waals surface area (Å²) in [5, 5.41) is 16.3. The van der Waals surface area contributed by atoms with Crippen LogP contribution in [0.1, 0.15) is 49.8 Å². The smallest absolute Gasteiger partial charge is 0.274 e. The quantitative estimate of drug-likeness (QED) is 0.832. The zero-order valence-corrected chi connectivity index (χ0v) is 11.2. The Balaban J connectivity index is 2.16. The lowest BCUT2D eigenvalue weighted by Gasteiger charge is -2.21. The number of carbonyl (C=O) groups is 1. The molecule has 0 spiro atoms. The fourth-order valence-corrected chi connectivity index (χ4v) is 2.26. The van der Waals surface area contributed by atoms with Gasteiger partial charge in [0.15, 0.2) is 0 Å². The highest BCUT2D eigenvalue weighted by Gasteiger charge is 2.30. The summed E-state index contributed by atoms with van der Waals surface area (Å²) in [6, 6.07) is 1.77. The monoisotopic (exact) mass is 251 g/mol. The number of H-pyrrole nitrogens is 1. The third-order valence-corrected chi connectivity index (χ3v) is 3.45. The normalized spacial score (nSPS) is 20.4. The van der Waals surface area contributed by atoms with Gasteiger partial charge in [0, 0.05) is 17.7 Å². The van der Waals surface area contributed by atoms with Gasteiger partial charge < -0.3 is 10.0 Å². The van der Waals surface area contributed by atoms with Gasteiger partial charge in [-0.1, -0.05) is 20.8 Å². The molecule has 1 fully saturated rings. The molecule has 1 aromatic heterocycles. The Morgan fingerprint density at radius 2 is 2.33 bits per heavy atom. The molecule has 1 unspecified atom stereocenters. The molecule has 0 saturated carbocycles. The molecule has 0 bridgehead atoms. The van der Waals surface area contributed by atoms with E-state index in [0.717, 1.165) is 18.5 Å². The van der Waals surface area contributed by atoms with Crippen LogP contribution in [-0.2, 0) is 5.41 Å². The Labute approximate surface area is 107 Å². The summed E-state index contributed by atoms with van der Waals surface area (Å²) in [5.74, 6) is -0.0849. The lowest BCUT2D eigenvalue weighted by atomic mass is 9.92. The van der Waals surface area contributed by atoms with Crippen LogP contribution in [0.25, 0.3) is 0 Å². The van der Waals surface area contributed by atoms with Gasteiger partial charge in [-0.25, -0.2) is 0 Å². The summed E-state index contributed by atoms with van der Waals surface area (Å²) in [6.45, 7) is 6.95. The molecule has 1 aliphatic rings. The van der Waals surface area contributed by atoms with Crippen LogP contribution in [0.15, 0.2) is 6.07 Å². The maximum atomic E-state index is 12.3. The van der Waals surface area contributed by atoms with Crippen molar-refractivity contribution in [3.63, 3.8) is 0 Å². The van der Waals surface area contributed by atoms with E-state index in [4.69, 9.17) is 0 Å². The third-order valence-electron chi connectivity index (χ3n) is 3.45. The third kappa shape index (κ3) is 2.41. The van der Waals surface area contributed by atoms with Crippen LogP contribution in [0.3, 0.4) is 0 Å². The van der Waals surface area contributed by atoms with Gasteiger partial charge in [0.2, 0.25) is 0 Å². The van der Waals surface area contributed by atoms with Crippen molar-refractivity contribution in [1.82, 2.24) is 15.1 Å². The average molecular weight is 251 g/mol. The summed E-state index contributed by atoms with van der Waals surface area (Å²) >= 11 is 0. The number of aliphatic hydroxyl groups is 1. The van der Waals surface area contributed by atoms with Crippen molar-refractivity contribution in [2.24, 2.45) is 0 Å². The number of aliphatic hydroxyl groups excluding tert-OH is 1. The second-order valence-corrected chi connectivity index (χ2v) is 5.89. The number of nitrogens with zero attached hydrogens (tertiary/aromatic N) is 2. The minimum Gasteiger partial charge on any atom is -0.394 e. The Hall–Kier alpha value is -1.36. The lowest BCUT2D eigenvalue weighted by molar-refractivity contribution is 0.0671. The van der Waals surface area contributed by atoms with Crippen molar-refractivity contribution in [3.05, 3.63) is 17.5 Å². The summed E-state index contributed by atoms with van der Waals surface area (Å²) in [6.07, 6.45) is 1.83. The number of likely N-dealkylation sites (tertiary alicyclic amines) is 1. The average Bonchev–Trinajstić information content (AvgIpc) is 2.96. The van der Waals surface area contributed by atoms with Crippen LogP contribution >= 0.6 is 0 Å². The number of hydrogen-bond donors (Lipinski definition) is 2. The van der Waals surface area contributed by atoms with E-state index in [9.17, 15) is 9.90 Å². The SMILES string of the molecule is CC(C)(C)c1cc(C(=O)N2CCCC2CO)n[nH]1. The van der Waals surface area contributed by atoms with Crippen molar-refractivity contribution < 1.29 is 9.90 Å². The molecule has 5 heteroatoms. The van der Waals surface area contributed by atoms with Crippen LogP contribution in [0, 0.1) is 0 Å². The van der Waals surface area contributed by atoms with Crippen LogP contribution in [0.2, 0.25) is 0 Å². The first kappa shape index (κ1) is 13.1. The van der Waals surface area contributed by atoms with Gasteiger partial charge in [-0.05, 0) is 18.9 Å². The van der Waals surface area contributed by atoms with Crippen LogP contribution in [0.4, 0.5) is 0 Å². The molecule has 0 aromatic carbocycles. The van der Waals surface area contributed by atoms with Crippen LogP contribution in [0.5, 0.6) is 0 Å². The van der Waals surface area contributed by atoms with E-state index in [1.165, 1.54) is 0 Å². The van der Waals surface area contributed by atoms with Gasteiger partial charge in [-0.3, -0.25) is 9.89 Å². The molecule has 100 valence electrons. The van der Waals surface area contributed by atoms with Gasteiger partial charge in [-0.2, -0.15) is 5.10 Å². The van der Waals surface area contributed by atoms with E-state index in [-0.39, 0.29) is 24.0 Å². The highest BCUT2D eigenvalue weighted by Crippen LogP contribution is 2.23. The Bertz CT molecular complexity index is 434. The zero-order valence-electron chi connectivity index (χ0n) is 11.2. The van der Waals surface area contributed by atoms with E-state index < -0.39 is 0 Å². The fourth-order valence-electron chi connectivity index (χ4n) is 2.26. The van der Waals surface area contributed by atoms with Crippen LogP contribution < -0.4 is 0 Å². The topological polar surface area (TPSA) is 69.2 Å². The Morgan fingerprint density at radius 3 is 2.89 bits per heavy atom. The lowest BCUT2D eigenvalue weighted by Crippen LogP contribution is -2.37. The molecule has 1 aromatic rings. The molecule has 1 atom stereocenters. The molecule has 2 heterocycles. The second kappa shape index (κ2) is 4.72. The number of amides is 1. The van der Waals surface area contributed by atoms with Crippen molar-refractivity contribution in [1.29, 1.82) is 0 Å². The summed E-state index contributed by atoms with van der Waals surface area (Å²) in [4.78, 5) is 14.0. The number of aromatic amines is 1. The van der Waals surface area contributed by atoms with Gasteiger partial charge >= 0.3 is 0 Å². The Kier molecular flexibility index (Phi) is 3.43. The molecule has 2 N–H and O–H groups in total. The zero-order chi connectivity index (χ0) is 13.3. The van der Waals surface area contributed by atoms with Gasteiger partial charge in [0.05, 0.1) is 12.6 Å². The first-order chi connectivity index (χ1) is 8.43. The molecule has 1 amide bonds. The minimum atomic E-state index is -0.0849. The number of rotatable bonds is 2. The summed E-state index contributed by atoms with van der Waals surface area (Å²) in [5.41, 5.74) is 1.35. The molecule has 2 rings (SSSR count). The first-order valence-electron chi connectivity index (χ1n) is 6.41. The summed E-state index contributed by atoms with van der Waals surface area (Å²) < 4.78 is 0. The van der Waals surface area contributed by atoms with Gasteiger partial charge in [-0.15, -0.1) is 0 Å². The predicted molar refractivity (Wildman–Crippen MR) is 68.4 cm³/mol. The molecule has 1 saturated heterocycles. The van der Waals surface area contributed by atoms with E-state index >= 15 is 0 Å². The highest BCUT2D eigenvalue weighted by atomic mass is 16.3. The fraction of sp³-hybridized carbons (Fsp3) is 0.692.